The summed E-state index contributed by atoms with van der Waals surface area (Å²) in [6, 6.07) is -0.315. The summed E-state index contributed by atoms with van der Waals surface area (Å²) in [6.45, 7) is 0.617. The maximum absolute atomic E-state index is 11.4. The summed E-state index contributed by atoms with van der Waals surface area (Å²) < 4.78 is 0. The molecule has 0 unspecified atom stereocenters. The fourth-order valence-corrected chi connectivity index (χ4v) is 1.12. The number of carbonyl (C=O) groups is 3. The van der Waals surface area contributed by atoms with E-state index < -0.39 is 5.97 Å². The lowest BCUT2D eigenvalue weighted by molar-refractivity contribution is -0.137. The highest BCUT2D eigenvalue weighted by Crippen LogP contribution is 1.94. The molecule has 0 saturated heterocycles. The molecule has 0 saturated carbocycles. The van der Waals surface area contributed by atoms with Gasteiger partial charge in [-0.1, -0.05) is 0 Å². The second-order valence-electron chi connectivity index (χ2n) is 3.72. The van der Waals surface area contributed by atoms with E-state index in [1.165, 1.54) is 11.9 Å². The molecule has 0 spiro atoms. The van der Waals surface area contributed by atoms with Gasteiger partial charge in [-0.25, -0.2) is 4.79 Å². The highest BCUT2D eigenvalue weighted by atomic mass is 16.4. The van der Waals surface area contributed by atoms with Crippen LogP contribution in [0.2, 0.25) is 0 Å². The fraction of sp³-hybridized carbons (Fsp3) is 0.700. The van der Waals surface area contributed by atoms with E-state index in [9.17, 15) is 14.4 Å². The molecule has 0 fully saturated rings. The lowest BCUT2D eigenvalue weighted by Crippen LogP contribution is -2.38. The van der Waals surface area contributed by atoms with Gasteiger partial charge >= 0.3 is 12.0 Å². The molecular formula is C10H19N3O4. The normalized spacial score (nSPS) is 9.71. The van der Waals surface area contributed by atoms with Crippen molar-refractivity contribution in [3.05, 3.63) is 0 Å². The summed E-state index contributed by atoms with van der Waals surface area (Å²) in [6.07, 6.45) is 1.53. The van der Waals surface area contributed by atoms with Crippen LogP contribution in [0.4, 0.5) is 4.79 Å². The molecule has 0 aliphatic carbocycles. The highest BCUT2D eigenvalue weighted by Gasteiger charge is 2.08. The smallest absolute Gasteiger partial charge is 0.317 e. The first-order valence-corrected chi connectivity index (χ1v) is 5.42. The number of rotatable bonds is 8. The van der Waals surface area contributed by atoms with Gasteiger partial charge in [-0.3, -0.25) is 9.59 Å². The van der Waals surface area contributed by atoms with Crippen molar-refractivity contribution in [2.45, 2.75) is 25.7 Å². The van der Waals surface area contributed by atoms with E-state index in [0.717, 1.165) is 0 Å². The molecule has 4 N–H and O–H groups in total. The summed E-state index contributed by atoms with van der Waals surface area (Å²) >= 11 is 0. The van der Waals surface area contributed by atoms with E-state index in [4.69, 9.17) is 10.8 Å². The molecule has 0 aliphatic rings. The number of nitrogens with two attached hydrogens (primary N) is 1. The van der Waals surface area contributed by atoms with Crippen LogP contribution in [0.25, 0.3) is 0 Å². The Labute approximate surface area is 100.0 Å². The number of nitrogens with zero attached hydrogens (tertiary/aromatic N) is 1. The minimum atomic E-state index is -0.939. The molecule has 0 aromatic heterocycles. The van der Waals surface area contributed by atoms with Gasteiger partial charge in [0.1, 0.15) is 0 Å². The van der Waals surface area contributed by atoms with Crippen LogP contribution >= 0.6 is 0 Å². The Morgan fingerprint density at radius 3 is 2.41 bits per heavy atom. The first-order chi connectivity index (χ1) is 7.93. The fourth-order valence-electron chi connectivity index (χ4n) is 1.12. The molecule has 3 amide bonds. The summed E-state index contributed by atoms with van der Waals surface area (Å²) in [7, 11) is 1.53. The van der Waals surface area contributed by atoms with Crippen molar-refractivity contribution in [2.75, 3.05) is 20.1 Å². The van der Waals surface area contributed by atoms with Crippen molar-refractivity contribution >= 4 is 17.9 Å². The summed E-state index contributed by atoms with van der Waals surface area (Å²) in [5, 5.41) is 11.1. The third-order valence-corrected chi connectivity index (χ3v) is 2.13. The number of hydrogen-bond acceptors (Lipinski definition) is 3. The molecule has 0 bridgehead atoms. The van der Waals surface area contributed by atoms with Crippen LogP contribution in [0, 0.1) is 0 Å². The van der Waals surface area contributed by atoms with Gasteiger partial charge in [0.25, 0.3) is 0 Å². The first kappa shape index (κ1) is 15.2. The molecule has 0 rings (SSSR count). The Morgan fingerprint density at radius 2 is 1.88 bits per heavy atom. The minimum absolute atomic E-state index is 0.0778. The second-order valence-corrected chi connectivity index (χ2v) is 3.72. The van der Waals surface area contributed by atoms with Crippen molar-refractivity contribution in [1.29, 1.82) is 0 Å². The van der Waals surface area contributed by atoms with E-state index in [2.05, 4.69) is 5.32 Å². The van der Waals surface area contributed by atoms with Gasteiger partial charge < -0.3 is 21.1 Å². The van der Waals surface area contributed by atoms with Gasteiger partial charge in [0.05, 0.1) is 6.42 Å². The van der Waals surface area contributed by atoms with Crippen molar-refractivity contribution in [1.82, 2.24) is 10.2 Å². The van der Waals surface area contributed by atoms with Crippen LogP contribution < -0.4 is 11.1 Å². The van der Waals surface area contributed by atoms with E-state index in [1.54, 1.807) is 0 Å². The number of nitrogens with one attached hydrogen (secondary N) is 1. The predicted molar refractivity (Wildman–Crippen MR) is 61.3 cm³/mol. The number of primary amides is 1. The monoisotopic (exact) mass is 245 g/mol. The standard InChI is InChI=1S/C10H19N3O4/c1-13(7-5-9(15)16)10(17)12-6-3-2-4-8(11)14/h2-7H2,1H3,(H2,11,14)(H,12,17)(H,15,16). The molecule has 7 nitrogen and oxygen atoms in total. The SMILES string of the molecule is CN(CCC(=O)O)C(=O)NCCCCC(N)=O. The van der Waals surface area contributed by atoms with E-state index in [1.807, 2.05) is 0 Å². The van der Waals surface area contributed by atoms with Crippen LogP contribution in [-0.2, 0) is 9.59 Å². The van der Waals surface area contributed by atoms with Gasteiger partial charge in [0.15, 0.2) is 0 Å². The van der Waals surface area contributed by atoms with Gasteiger partial charge in [0.2, 0.25) is 5.91 Å². The lowest BCUT2D eigenvalue weighted by Gasteiger charge is -2.16. The Morgan fingerprint density at radius 1 is 1.24 bits per heavy atom. The molecule has 0 heterocycles. The highest BCUT2D eigenvalue weighted by molar-refractivity contribution is 5.75. The van der Waals surface area contributed by atoms with Gasteiger partial charge in [-0.15, -0.1) is 0 Å². The quantitative estimate of drug-likeness (QED) is 0.512. The molecule has 0 aromatic rings. The molecule has 7 heteroatoms. The molecule has 0 radical (unpaired) electrons. The van der Waals surface area contributed by atoms with Crippen LogP contribution in [0.5, 0.6) is 0 Å². The number of amides is 3. The molecule has 0 atom stereocenters. The zero-order valence-electron chi connectivity index (χ0n) is 9.94. The van der Waals surface area contributed by atoms with Gasteiger partial charge in [-0.2, -0.15) is 0 Å². The topological polar surface area (TPSA) is 113 Å². The molecule has 98 valence electrons. The Kier molecular flexibility index (Phi) is 7.49. The van der Waals surface area contributed by atoms with Crippen molar-refractivity contribution < 1.29 is 19.5 Å². The minimum Gasteiger partial charge on any atom is -0.481 e. The third kappa shape index (κ3) is 9.16. The predicted octanol–water partition coefficient (Wildman–Crippen LogP) is -0.242. The summed E-state index contributed by atoms with van der Waals surface area (Å²) in [5.74, 6) is -1.29. The van der Waals surface area contributed by atoms with Crippen LogP contribution in [0.3, 0.4) is 0 Å². The van der Waals surface area contributed by atoms with Crippen LogP contribution in [0.1, 0.15) is 25.7 Å². The lowest BCUT2D eigenvalue weighted by atomic mass is 10.2. The zero-order chi connectivity index (χ0) is 13.3. The van der Waals surface area contributed by atoms with Crippen molar-refractivity contribution in [3.8, 4) is 0 Å². The van der Waals surface area contributed by atoms with E-state index >= 15 is 0 Å². The number of hydrogen-bond donors (Lipinski definition) is 3. The molecular weight excluding hydrogens is 226 g/mol. The molecule has 0 aromatic carbocycles. The Balaban J connectivity index is 3.57. The Hall–Kier alpha value is -1.79. The maximum Gasteiger partial charge on any atom is 0.317 e. The Bertz CT molecular complexity index is 281. The van der Waals surface area contributed by atoms with Crippen molar-refractivity contribution in [2.24, 2.45) is 5.73 Å². The van der Waals surface area contributed by atoms with E-state index in [0.29, 0.717) is 25.8 Å². The second kappa shape index (κ2) is 8.37. The maximum atomic E-state index is 11.4. The largest absolute Gasteiger partial charge is 0.481 e. The van der Waals surface area contributed by atoms with Crippen LogP contribution in [0.15, 0.2) is 0 Å². The third-order valence-electron chi connectivity index (χ3n) is 2.13. The van der Waals surface area contributed by atoms with Gasteiger partial charge in [-0.05, 0) is 12.8 Å². The van der Waals surface area contributed by atoms with Crippen LogP contribution in [-0.4, -0.2) is 48.1 Å². The van der Waals surface area contributed by atoms with Gasteiger partial charge in [0, 0.05) is 26.6 Å². The summed E-state index contributed by atoms with van der Waals surface area (Å²) in [4.78, 5) is 33.4. The van der Waals surface area contributed by atoms with E-state index in [-0.39, 0.29) is 24.9 Å². The van der Waals surface area contributed by atoms with Crippen molar-refractivity contribution in [3.63, 3.8) is 0 Å². The number of urea groups is 1. The number of unbranched alkanes of at least 4 members (excludes halogenated alkanes) is 1. The average molecular weight is 245 g/mol. The average Bonchev–Trinajstić information content (AvgIpc) is 2.24. The number of carboxylic acid groups (broad SMARTS) is 1. The molecule has 0 aliphatic heterocycles. The molecule has 17 heavy (non-hydrogen) atoms. The number of aliphatic carboxylic acids is 1. The summed E-state index contributed by atoms with van der Waals surface area (Å²) in [5.41, 5.74) is 4.96. The number of carbonyl (C=O) groups excluding carboxylic acids is 2. The first-order valence-electron chi connectivity index (χ1n) is 5.42. The zero-order valence-corrected chi connectivity index (χ0v) is 9.94. The number of carboxylic acids is 1.